The Morgan fingerprint density at radius 1 is 1.50 bits per heavy atom. The number of nitrogens with one attached hydrogen (secondary N) is 1. The summed E-state index contributed by atoms with van der Waals surface area (Å²) in [5.74, 6) is 2.22. The molecule has 0 radical (unpaired) electrons. The quantitative estimate of drug-likeness (QED) is 0.542. The summed E-state index contributed by atoms with van der Waals surface area (Å²) in [6.45, 7) is 4.19. The molecule has 0 aliphatic heterocycles. The lowest BCUT2D eigenvalue weighted by Crippen LogP contribution is -2.32. The molecular weight excluding hydrogens is 198 g/mol. The van der Waals surface area contributed by atoms with E-state index >= 15 is 0 Å². The van der Waals surface area contributed by atoms with Crippen molar-refractivity contribution in [2.75, 3.05) is 38.4 Å². The smallest absolute Gasteiger partial charge is 0.0470 e. The Balaban J connectivity index is 3.30. The maximum atomic E-state index is 8.83. The van der Waals surface area contributed by atoms with E-state index in [4.69, 9.17) is 9.84 Å². The van der Waals surface area contributed by atoms with Crippen LogP contribution in [-0.4, -0.2) is 49.5 Å². The Bertz CT molecular complexity index is 108. The lowest BCUT2D eigenvalue weighted by molar-refractivity contribution is 0.200. The highest BCUT2D eigenvalue weighted by Gasteiger charge is 2.05. The molecule has 0 aromatic carbocycles. The summed E-state index contributed by atoms with van der Waals surface area (Å²) in [6, 6.07) is 0.456. The zero-order chi connectivity index (χ0) is 10.6. The fraction of sp³-hybridized carbons (Fsp3) is 1.00. The van der Waals surface area contributed by atoms with Crippen LogP contribution in [0.2, 0.25) is 0 Å². The van der Waals surface area contributed by atoms with Crippen LogP contribution in [0.15, 0.2) is 0 Å². The molecule has 2 N–H and O–H groups in total. The van der Waals surface area contributed by atoms with E-state index in [0.29, 0.717) is 6.04 Å². The molecular formula is C10H23NO2S. The van der Waals surface area contributed by atoms with Crippen molar-refractivity contribution in [3.8, 4) is 0 Å². The minimum Gasteiger partial charge on any atom is -0.396 e. The molecule has 14 heavy (non-hydrogen) atoms. The molecule has 0 amide bonds. The van der Waals surface area contributed by atoms with Gasteiger partial charge in [0.1, 0.15) is 0 Å². The predicted octanol–water partition coefficient (Wildman–Crippen LogP) is 1.12. The third kappa shape index (κ3) is 8.81. The van der Waals surface area contributed by atoms with Crippen LogP contribution in [0.5, 0.6) is 0 Å². The van der Waals surface area contributed by atoms with Gasteiger partial charge in [0.25, 0.3) is 0 Å². The number of aliphatic hydroxyl groups excluding tert-OH is 1. The second-order valence-corrected chi connectivity index (χ2v) is 4.34. The van der Waals surface area contributed by atoms with Gasteiger partial charge in [-0.1, -0.05) is 6.92 Å². The molecule has 4 heteroatoms. The van der Waals surface area contributed by atoms with Gasteiger partial charge in [0.2, 0.25) is 0 Å². The molecule has 1 unspecified atom stereocenters. The van der Waals surface area contributed by atoms with E-state index in [-0.39, 0.29) is 6.61 Å². The maximum Gasteiger partial charge on any atom is 0.0470 e. The van der Waals surface area contributed by atoms with Gasteiger partial charge in [-0.2, -0.15) is 11.8 Å². The fourth-order valence-electron chi connectivity index (χ4n) is 1.22. The molecule has 0 rings (SSSR count). The van der Waals surface area contributed by atoms with Crippen LogP contribution in [0.1, 0.15) is 19.8 Å². The molecule has 0 aromatic heterocycles. The van der Waals surface area contributed by atoms with Crippen molar-refractivity contribution in [2.45, 2.75) is 25.8 Å². The van der Waals surface area contributed by atoms with Gasteiger partial charge in [0.15, 0.2) is 0 Å². The Kier molecular flexibility index (Phi) is 11.5. The monoisotopic (exact) mass is 221 g/mol. The van der Waals surface area contributed by atoms with Crippen LogP contribution in [-0.2, 0) is 4.74 Å². The van der Waals surface area contributed by atoms with Crippen molar-refractivity contribution in [1.82, 2.24) is 5.32 Å². The van der Waals surface area contributed by atoms with Gasteiger partial charge in [-0.15, -0.1) is 0 Å². The largest absolute Gasteiger partial charge is 0.396 e. The summed E-state index contributed by atoms with van der Waals surface area (Å²) in [7, 11) is 1.73. The van der Waals surface area contributed by atoms with E-state index in [0.717, 1.165) is 37.5 Å². The number of thioether (sulfide) groups is 1. The number of aliphatic hydroxyl groups is 1. The molecule has 1 atom stereocenters. The lowest BCUT2D eigenvalue weighted by atomic mass is 10.2. The van der Waals surface area contributed by atoms with E-state index in [1.165, 1.54) is 0 Å². The third-order valence-electron chi connectivity index (χ3n) is 1.93. The van der Waals surface area contributed by atoms with E-state index < -0.39 is 0 Å². The Morgan fingerprint density at radius 3 is 2.86 bits per heavy atom. The van der Waals surface area contributed by atoms with Crippen molar-refractivity contribution < 1.29 is 9.84 Å². The van der Waals surface area contributed by atoms with Gasteiger partial charge < -0.3 is 15.2 Å². The fourth-order valence-corrected chi connectivity index (χ4v) is 2.28. The Hall–Kier alpha value is 0.230. The molecule has 0 aliphatic carbocycles. The Labute approximate surface area is 91.6 Å². The van der Waals surface area contributed by atoms with Crippen LogP contribution in [0.4, 0.5) is 0 Å². The predicted molar refractivity (Wildman–Crippen MR) is 63.0 cm³/mol. The molecule has 0 bridgehead atoms. The SMILES string of the molecule is CCNC(CCO)CSCCCOC. The summed E-state index contributed by atoms with van der Waals surface area (Å²) < 4.78 is 4.97. The summed E-state index contributed by atoms with van der Waals surface area (Å²) in [5.41, 5.74) is 0. The van der Waals surface area contributed by atoms with Crippen LogP contribution in [0.3, 0.4) is 0 Å². The minimum absolute atomic E-state index is 0.274. The first-order valence-corrected chi connectivity index (χ1v) is 6.41. The second-order valence-electron chi connectivity index (χ2n) is 3.19. The molecule has 0 aliphatic rings. The van der Waals surface area contributed by atoms with Crippen molar-refractivity contribution in [3.05, 3.63) is 0 Å². The summed E-state index contributed by atoms with van der Waals surface area (Å²) in [6.07, 6.45) is 1.96. The van der Waals surface area contributed by atoms with Gasteiger partial charge in [0.05, 0.1) is 0 Å². The first-order valence-electron chi connectivity index (χ1n) is 5.26. The van der Waals surface area contributed by atoms with Crippen LogP contribution >= 0.6 is 11.8 Å². The number of ether oxygens (including phenoxy) is 1. The zero-order valence-corrected chi connectivity index (χ0v) is 10.1. The van der Waals surface area contributed by atoms with Crippen molar-refractivity contribution in [1.29, 1.82) is 0 Å². The molecule has 0 aromatic rings. The number of hydrogen-bond acceptors (Lipinski definition) is 4. The number of hydrogen-bond donors (Lipinski definition) is 2. The molecule has 86 valence electrons. The molecule has 0 saturated heterocycles. The van der Waals surface area contributed by atoms with E-state index in [1.807, 2.05) is 11.8 Å². The average Bonchev–Trinajstić information content (AvgIpc) is 2.18. The second kappa shape index (κ2) is 11.3. The van der Waals surface area contributed by atoms with Gasteiger partial charge >= 0.3 is 0 Å². The van der Waals surface area contributed by atoms with E-state index in [9.17, 15) is 0 Å². The number of rotatable bonds is 10. The zero-order valence-electron chi connectivity index (χ0n) is 9.29. The van der Waals surface area contributed by atoms with Crippen LogP contribution < -0.4 is 5.32 Å². The van der Waals surface area contributed by atoms with E-state index in [2.05, 4.69) is 12.2 Å². The summed E-state index contributed by atoms with van der Waals surface area (Å²) >= 11 is 1.93. The highest BCUT2D eigenvalue weighted by Crippen LogP contribution is 2.07. The molecule has 0 fully saturated rings. The first kappa shape index (κ1) is 14.2. The van der Waals surface area contributed by atoms with Crippen LogP contribution in [0, 0.1) is 0 Å². The number of methoxy groups -OCH3 is 1. The normalized spacial score (nSPS) is 13.1. The van der Waals surface area contributed by atoms with E-state index in [1.54, 1.807) is 7.11 Å². The van der Waals surface area contributed by atoms with Crippen molar-refractivity contribution >= 4 is 11.8 Å². The lowest BCUT2D eigenvalue weighted by Gasteiger charge is -2.15. The van der Waals surface area contributed by atoms with Gasteiger partial charge in [-0.05, 0) is 25.1 Å². The van der Waals surface area contributed by atoms with Crippen LogP contribution in [0.25, 0.3) is 0 Å². The van der Waals surface area contributed by atoms with Gasteiger partial charge in [0, 0.05) is 32.1 Å². The summed E-state index contributed by atoms with van der Waals surface area (Å²) in [5, 5.41) is 12.2. The molecule has 0 heterocycles. The average molecular weight is 221 g/mol. The third-order valence-corrected chi connectivity index (χ3v) is 3.14. The minimum atomic E-state index is 0.274. The highest BCUT2D eigenvalue weighted by atomic mass is 32.2. The van der Waals surface area contributed by atoms with Crippen molar-refractivity contribution in [3.63, 3.8) is 0 Å². The Morgan fingerprint density at radius 2 is 2.29 bits per heavy atom. The first-order chi connectivity index (χ1) is 6.85. The van der Waals surface area contributed by atoms with Gasteiger partial charge in [-0.25, -0.2) is 0 Å². The standard InChI is InChI=1S/C10H23NO2S/c1-3-11-10(5-6-12)9-14-8-4-7-13-2/h10-12H,3-9H2,1-2H3. The maximum absolute atomic E-state index is 8.83. The molecule has 0 spiro atoms. The van der Waals surface area contributed by atoms with Crippen molar-refractivity contribution in [2.24, 2.45) is 0 Å². The highest BCUT2D eigenvalue weighted by molar-refractivity contribution is 7.99. The molecule has 0 saturated carbocycles. The summed E-state index contributed by atoms with van der Waals surface area (Å²) in [4.78, 5) is 0. The topological polar surface area (TPSA) is 41.5 Å². The molecule has 3 nitrogen and oxygen atoms in total. The van der Waals surface area contributed by atoms with Gasteiger partial charge in [-0.3, -0.25) is 0 Å².